The fraction of sp³-hybridized carbons (Fsp3) is 0. The third-order valence-electron chi connectivity index (χ3n) is 4.67. The molecular weight excluding hydrogens is 368 g/mol. The lowest BCUT2D eigenvalue weighted by Gasteiger charge is -2.11. The van der Waals surface area contributed by atoms with Crippen molar-refractivity contribution in [1.82, 2.24) is 19.1 Å². The summed E-state index contributed by atoms with van der Waals surface area (Å²) in [5, 5.41) is 16.0. The van der Waals surface area contributed by atoms with Crippen molar-refractivity contribution in [2.24, 2.45) is 11.5 Å². The Morgan fingerprint density at radius 1 is 0.759 bits per heavy atom. The molecule has 0 radical (unpaired) electrons. The van der Waals surface area contributed by atoms with E-state index in [2.05, 4.69) is 9.97 Å². The maximum atomic E-state index is 7.99. The molecule has 0 bridgehead atoms. The number of para-hydroxylation sites is 4. The van der Waals surface area contributed by atoms with Crippen LogP contribution in [0.25, 0.3) is 33.6 Å². The maximum absolute atomic E-state index is 7.99. The summed E-state index contributed by atoms with van der Waals surface area (Å²) in [5.41, 5.74) is 15.1. The molecule has 6 N–H and O–H groups in total. The van der Waals surface area contributed by atoms with Gasteiger partial charge in [0, 0.05) is 6.07 Å². The van der Waals surface area contributed by atoms with Crippen LogP contribution in [0.4, 0.5) is 0 Å². The Morgan fingerprint density at radius 2 is 1.28 bits per heavy atom. The second-order valence-electron chi connectivity index (χ2n) is 6.46. The summed E-state index contributed by atoms with van der Waals surface area (Å²) in [5.74, 6) is 0.592. The molecule has 0 aliphatic heterocycles. The average Bonchev–Trinajstić information content (AvgIpc) is 3.41. The number of aromatic nitrogens is 4. The van der Waals surface area contributed by atoms with Gasteiger partial charge >= 0.3 is 0 Å². The largest absolute Gasteiger partial charge is 0.446 e. The van der Waals surface area contributed by atoms with Gasteiger partial charge in [0.05, 0.1) is 28.3 Å². The number of rotatable bonds is 4. The molecule has 9 nitrogen and oxygen atoms in total. The Labute approximate surface area is 164 Å². The molecule has 0 aliphatic rings. The van der Waals surface area contributed by atoms with Crippen LogP contribution in [0, 0.1) is 10.8 Å². The lowest BCUT2D eigenvalue weighted by atomic mass is 10.3. The first-order valence-corrected chi connectivity index (χ1v) is 8.78. The van der Waals surface area contributed by atoms with Crippen LogP contribution in [0.1, 0.15) is 11.6 Å². The van der Waals surface area contributed by atoms with Crippen molar-refractivity contribution in [2.45, 2.75) is 0 Å². The lowest BCUT2D eigenvalue weighted by Crippen LogP contribution is -2.20. The molecule has 3 heterocycles. The Kier molecular flexibility index (Phi) is 3.50. The van der Waals surface area contributed by atoms with E-state index in [1.807, 2.05) is 48.5 Å². The van der Waals surface area contributed by atoms with E-state index in [0.717, 1.165) is 11.0 Å². The van der Waals surface area contributed by atoms with Gasteiger partial charge in [-0.25, -0.2) is 9.97 Å². The van der Waals surface area contributed by atoms with Crippen molar-refractivity contribution in [1.29, 1.82) is 10.8 Å². The molecule has 0 amide bonds. The summed E-state index contributed by atoms with van der Waals surface area (Å²) in [4.78, 5) is 8.96. The zero-order valence-electron chi connectivity index (χ0n) is 15.1. The van der Waals surface area contributed by atoms with Crippen molar-refractivity contribution >= 4 is 33.7 Å². The van der Waals surface area contributed by atoms with Crippen LogP contribution in [0.5, 0.6) is 0 Å². The van der Waals surface area contributed by atoms with Gasteiger partial charge in [-0.2, -0.15) is 0 Å². The van der Waals surface area contributed by atoms with Gasteiger partial charge in [-0.05, 0) is 24.3 Å². The average molecular weight is 384 g/mol. The number of fused-ring (bicyclic) bond motifs is 2. The number of amidine groups is 2. The van der Waals surface area contributed by atoms with Gasteiger partial charge in [0.2, 0.25) is 5.88 Å². The number of benzene rings is 2. The first-order chi connectivity index (χ1) is 14.1. The summed E-state index contributed by atoms with van der Waals surface area (Å²) >= 11 is 0. The highest BCUT2D eigenvalue weighted by Crippen LogP contribution is 2.30. The van der Waals surface area contributed by atoms with E-state index in [-0.39, 0.29) is 17.5 Å². The summed E-state index contributed by atoms with van der Waals surface area (Å²) < 4.78 is 9.27. The van der Waals surface area contributed by atoms with Crippen LogP contribution in [-0.2, 0) is 0 Å². The van der Waals surface area contributed by atoms with Crippen LogP contribution >= 0.6 is 0 Å². The first-order valence-electron chi connectivity index (χ1n) is 8.78. The minimum atomic E-state index is -0.189. The predicted octanol–water partition coefficient (Wildman–Crippen LogP) is 2.53. The highest BCUT2D eigenvalue weighted by atomic mass is 16.3. The van der Waals surface area contributed by atoms with Crippen molar-refractivity contribution in [3.63, 3.8) is 0 Å². The predicted molar refractivity (Wildman–Crippen MR) is 110 cm³/mol. The van der Waals surface area contributed by atoms with E-state index in [1.165, 1.54) is 6.26 Å². The van der Waals surface area contributed by atoms with Crippen molar-refractivity contribution in [2.75, 3.05) is 0 Å². The van der Waals surface area contributed by atoms with Crippen LogP contribution in [-0.4, -0.2) is 30.8 Å². The van der Waals surface area contributed by atoms with Crippen LogP contribution in [0.2, 0.25) is 0 Å². The molecule has 3 aromatic heterocycles. The van der Waals surface area contributed by atoms with Crippen molar-refractivity contribution < 1.29 is 4.42 Å². The van der Waals surface area contributed by atoms with Gasteiger partial charge in [0.15, 0.2) is 23.3 Å². The minimum absolute atomic E-state index is 0.171. The Hall–Kier alpha value is -4.40. The SMILES string of the molecule is N=C(N)c1nc2ccccc2n1-c1ccoc1-n1c(C(=N)N)nc2ccccc21. The molecule has 29 heavy (non-hydrogen) atoms. The summed E-state index contributed by atoms with van der Waals surface area (Å²) in [6.45, 7) is 0. The number of nitrogens with two attached hydrogens (primary N) is 2. The molecule has 0 fully saturated rings. The monoisotopic (exact) mass is 384 g/mol. The molecule has 5 rings (SSSR count). The molecule has 0 spiro atoms. The highest BCUT2D eigenvalue weighted by molar-refractivity contribution is 5.98. The fourth-order valence-electron chi connectivity index (χ4n) is 3.49. The summed E-state index contributed by atoms with van der Waals surface area (Å²) in [6.07, 6.45) is 1.53. The van der Waals surface area contributed by atoms with Gasteiger partial charge in [-0.3, -0.25) is 20.0 Å². The summed E-state index contributed by atoms with van der Waals surface area (Å²) in [6, 6.07) is 16.7. The second kappa shape index (κ2) is 6.06. The molecule has 0 atom stereocenters. The van der Waals surface area contributed by atoms with E-state index in [9.17, 15) is 0 Å². The maximum Gasteiger partial charge on any atom is 0.230 e. The zero-order valence-corrected chi connectivity index (χ0v) is 15.1. The number of nitrogens with one attached hydrogen (secondary N) is 2. The Morgan fingerprint density at radius 3 is 1.86 bits per heavy atom. The molecule has 0 saturated heterocycles. The molecule has 0 saturated carbocycles. The molecule has 5 aromatic rings. The van der Waals surface area contributed by atoms with E-state index in [0.29, 0.717) is 28.4 Å². The Balaban J connectivity index is 1.87. The number of nitrogens with zero attached hydrogens (tertiary/aromatic N) is 4. The van der Waals surface area contributed by atoms with E-state index >= 15 is 0 Å². The molecule has 2 aromatic carbocycles. The number of hydrogen-bond acceptors (Lipinski definition) is 5. The number of imidazole rings is 2. The van der Waals surface area contributed by atoms with E-state index in [1.54, 1.807) is 15.2 Å². The van der Waals surface area contributed by atoms with Gasteiger partial charge in [-0.15, -0.1) is 0 Å². The van der Waals surface area contributed by atoms with Crippen molar-refractivity contribution in [3.8, 4) is 11.6 Å². The zero-order chi connectivity index (χ0) is 20.1. The number of hydrogen-bond donors (Lipinski definition) is 4. The van der Waals surface area contributed by atoms with Gasteiger partial charge in [0.25, 0.3) is 0 Å². The Bertz CT molecular complexity index is 1310. The molecule has 0 aliphatic carbocycles. The van der Waals surface area contributed by atoms with Crippen LogP contribution < -0.4 is 11.5 Å². The topological polar surface area (TPSA) is 149 Å². The molecule has 142 valence electrons. The summed E-state index contributed by atoms with van der Waals surface area (Å²) in [7, 11) is 0. The van der Waals surface area contributed by atoms with E-state index < -0.39 is 0 Å². The second-order valence-corrected chi connectivity index (χ2v) is 6.46. The minimum Gasteiger partial charge on any atom is -0.446 e. The van der Waals surface area contributed by atoms with Gasteiger partial charge in [0.1, 0.15) is 5.69 Å². The number of nitrogen functional groups attached to an aromatic ring is 2. The number of furan rings is 1. The molecular formula is C20H16N8O. The van der Waals surface area contributed by atoms with Crippen LogP contribution in [0.15, 0.2) is 65.3 Å². The normalized spacial score (nSPS) is 11.3. The molecule has 9 heteroatoms. The smallest absolute Gasteiger partial charge is 0.230 e. The van der Waals surface area contributed by atoms with E-state index in [4.69, 9.17) is 26.7 Å². The first kappa shape index (κ1) is 16.8. The molecule has 0 unspecified atom stereocenters. The fourth-order valence-corrected chi connectivity index (χ4v) is 3.49. The highest BCUT2D eigenvalue weighted by Gasteiger charge is 2.23. The van der Waals surface area contributed by atoms with Gasteiger partial charge in [-0.1, -0.05) is 24.3 Å². The third kappa shape index (κ3) is 2.41. The quantitative estimate of drug-likeness (QED) is 0.277. The lowest BCUT2D eigenvalue weighted by molar-refractivity contribution is 0.539. The van der Waals surface area contributed by atoms with Gasteiger partial charge < -0.3 is 15.9 Å². The van der Waals surface area contributed by atoms with Crippen molar-refractivity contribution in [3.05, 3.63) is 72.5 Å². The standard InChI is InChI=1S/C20H16N8O/c21-16(22)18-25-11-5-1-3-7-13(11)27(18)15-9-10-29-20(15)28-14-8-4-2-6-12(14)26-19(28)17(23)24/h1-10H,(H3,21,22)(H3,23,24). The van der Waals surface area contributed by atoms with Crippen LogP contribution in [0.3, 0.4) is 0 Å². The third-order valence-corrected chi connectivity index (χ3v) is 4.67.